The molecule has 1 saturated carbocycles. The third-order valence-electron chi connectivity index (χ3n) is 7.55. The fourth-order valence-electron chi connectivity index (χ4n) is 5.35. The van der Waals surface area contributed by atoms with Crippen molar-refractivity contribution in [1.29, 1.82) is 0 Å². The van der Waals surface area contributed by atoms with Crippen LogP contribution in [0, 0.1) is 29.1 Å². The van der Waals surface area contributed by atoms with Crippen LogP contribution in [0.25, 0.3) is 0 Å². The van der Waals surface area contributed by atoms with Gasteiger partial charge in [0.2, 0.25) is 5.91 Å². The number of rotatable bonds is 5. The van der Waals surface area contributed by atoms with E-state index in [0.717, 1.165) is 37.0 Å². The van der Waals surface area contributed by atoms with Crippen LogP contribution in [0.2, 0.25) is 0 Å². The molecule has 38 heavy (non-hydrogen) atoms. The minimum absolute atomic E-state index is 0.0443. The Bertz CT molecular complexity index is 1080. The fraction of sp³-hybridized carbons (Fsp3) is 0.690. The van der Waals surface area contributed by atoms with Gasteiger partial charge in [-0.2, -0.15) is 0 Å². The Labute approximate surface area is 229 Å². The Morgan fingerprint density at radius 3 is 2.42 bits per heavy atom. The van der Waals surface area contributed by atoms with Crippen LogP contribution in [0.5, 0.6) is 0 Å². The van der Waals surface area contributed by atoms with Gasteiger partial charge in [-0.15, -0.1) is 11.3 Å². The highest BCUT2D eigenvalue weighted by Crippen LogP contribution is 2.38. The molecule has 1 atom stereocenters. The maximum atomic E-state index is 14.0. The third-order valence-corrected chi connectivity index (χ3v) is 8.58. The molecule has 4 rings (SSSR count). The van der Waals surface area contributed by atoms with Crippen molar-refractivity contribution in [2.45, 2.75) is 84.8 Å². The average Bonchev–Trinajstić information content (AvgIpc) is 3.52. The van der Waals surface area contributed by atoms with E-state index in [1.807, 2.05) is 20.8 Å². The van der Waals surface area contributed by atoms with Gasteiger partial charge >= 0.3 is 12.1 Å². The Morgan fingerprint density at radius 1 is 1.11 bits per heavy atom. The van der Waals surface area contributed by atoms with Crippen molar-refractivity contribution >= 4 is 35.0 Å². The Hall–Kier alpha value is -2.57. The topological polar surface area (TPSA) is 96.4 Å². The summed E-state index contributed by atoms with van der Waals surface area (Å²) in [5, 5.41) is 10.1. The van der Waals surface area contributed by atoms with E-state index in [1.54, 1.807) is 15.9 Å². The van der Waals surface area contributed by atoms with Crippen LogP contribution >= 0.6 is 11.3 Å². The molecule has 3 fully saturated rings. The molecule has 0 radical (unpaired) electrons. The summed E-state index contributed by atoms with van der Waals surface area (Å²) in [6, 6.07) is 1.43. The zero-order valence-corrected chi connectivity index (χ0v) is 23.8. The van der Waals surface area contributed by atoms with E-state index in [-0.39, 0.29) is 40.4 Å². The first-order valence-corrected chi connectivity index (χ1v) is 14.6. The van der Waals surface area contributed by atoms with E-state index >= 15 is 0 Å². The summed E-state index contributed by atoms with van der Waals surface area (Å²) < 4.78 is 11.1. The molecular weight excluding hydrogens is 504 g/mol. The summed E-state index contributed by atoms with van der Waals surface area (Å²) in [7, 11) is 0. The number of hydrogen-bond acceptors (Lipinski definition) is 6. The molecule has 0 bridgehead atoms. The molecule has 0 aromatic carbocycles. The number of ether oxygens (including phenoxy) is 2. The minimum Gasteiger partial charge on any atom is -0.477 e. The van der Waals surface area contributed by atoms with Gasteiger partial charge in [0.15, 0.2) is 0 Å². The SMILES string of the molecule is CC1CCC(C(=O)N(c2cc(C#CC(C)(C)C)sc2C(=O)O)C2CCN(C(=O)OC3CCOCC3)C2)CC1. The van der Waals surface area contributed by atoms with Gasteiger partial charge in [0.05, 0.1) is 29.8 Å². The van der Waals surface area contributed by atoms with E-state index in [1.165, 1.54) is 0 Å². The largest absolute Gasteiger partial charge is 0.477 e. The maximum Gasteiger partial charge on any atom is 0.410 e. The molecule has 1 aromatic rings. The predicted molar refractivity (Wildman–Crippen MR) is 147 cm³/mol. The van der Waals surface area contributed by atoms with Gasteiger partial charge in [0, 0.05) is 37.3 Å². The lowest BCUT2D eigenvalue weighted by atomic mass is 9.82. The van der Waals surface area contributed by atoms with Crippen molar-refractivity contribution in [3.05, 3.63) is 15.8 Å². The second kappa shape index (κ2) is 12.1. The summed E-state index contributed by atoms with van der Waals surface area (Å²) in [5.41, 5.74) is 0.160. The second-order valence-corrected chi connectivity index (χ2v) is 12.9. The number of anilines is 1. The zero-order chi connectivity index (χ0) is 27.4. The van der Waals surface area contributed by atoms with Crippen molar-refractivity contribution in [1.82, 2.24) is 4.90 Å². The monoisotopic (exact) mass is 544 g/mol. The molecule has 2 amide bonds. The molecule has 1 aromatic heterocycles. The molecule has 3 heterocycles. The van der Waals surface area contributed by atoms with Crippen LogP contribution in [-0.4, -0.2) is 66.4 Å². The predicted octanol–water partition coefficient (Wildman–Crippen LogP) is 5.39. The van der Waals surface area contributed by atoms with Crippen LogP contribution in [0.3, 0.4) is 0 Å². The Kier molecular flexibility index (Phi) is 9.04. The normalized spacial score (nSPS) is 24.4. The first kappa shape index (κ1) is 28.4. The second-order valence-electron chi connectivity index (χ2n) is 11.9. The number of thiophene rings is 1. The van der Waals surface area contributed by atoms with E-state index < -0.39 is 5.97 Å². The van der Waals surface area contributed by atoms with Gasteiger partial charge in [0.25, 0.3) is 0 Å². The molecule has 1 N–H and O–H groups in total. The van der Waals surface area contributed by atoms with Crippen LogP contribution < -0.4 is 4.90 Å². The summed E-state index contributed by atoms with van der Waals surface area (Å²) in [4.78, 5) is 43.4. The van der Waals surface area contributed by atoms with E-state index in [2.05, 4.69) is 18.8 Å². The number of hydrogen-bond donors (Lipinski definition) is 1. The van der Waals surface area contributed by atoms with Gasteiger partial charge in [-0.05, 0) is 64.9 Å². The molecule has 0 spiro atoms. The lowest BCUT2D eigenvalue weighted by Gasteiger charge is -2.34. The first-order chi connectivity index (χ1) is 18.0. The van der Waals surface area contributed by atoms with Crippen LogP contribution in [0.4, 0.5) is 10.5 Å². The number of amides is 2. The van der Waals surface area contributed by atoms with E-state index in [9.17, 15) is 19.5 Å². The Morgan fingerprint density at radius 2 is 1.79 bits per heavy atom. The number of nitrogens with zero attached hydrogens (tertiary/aromatic N) is 2. The number of carboxylic acids is 1. The summed E-state index contributed by atoms with van der Waals surface area (Å²) in [6.07, 6.45) is 4.95. The first-order valence-electron chi connectivity index (χ1n) is 13.8. The molecule has 2 aliphatic heterocycles. The van der Waals surface area contributed by atoms with Gasteiger partial charge in [-0.1, -0.05) is 18.8 Å². The van der Waals surface area contributed by atoms with Crippen molar-refractivity contribution in [2.75, 3.05) is 31.2 Å². The maximum absolute atomic E-state index is 14.0. The summed E-state index contributed by atoms with van der Waals surface area (Å²) in [5.74, 6) is 5.60. The third kappa shape index (κ3) is 7.09. The van der Waals surface area contributed by atoms with Crippen molar-refractivity contribution in [3.8, 4) is 11.8 Å². The van der Waals surface area contributed by atoms with Crippen molar-refractivity contribution in [3.63, 3.8) is 0 Å². The summed E-state index contributed by atoms with van der Waals surface area (Å²) in [6.45, 7) is 10.1. The molecule has 2 saturated heterocycles. The molecule has 1 aliphatic carbocycles. The quantitative estimate of drug-likeness (QED) is 0.499. The molecule has 9 heteroatoms. The van der Waals surface area contributed by atoms with Gasteiger partial charge < -0.3 is 24.4 Å². The Balaban J connectivity index is 1.61. The number of likely N-dealkylation sites (tertiary alicyclic amines) is 1. The number of carbonyl (C=O) groups excluding carboxylic acids is 2. The highest BCUT2D eigenvalue weighted by atomic mass is 32.1. The standard InChI is InChI=1S/C29H40N2O6S/c1-19-5-7-20(8-6-19)26(32)31(24-17-23(9-13-29(2,3)4)38-25(24)27(33)34)21-10-14-30(18-21)28(35)37-22-11-15-36-16-12-22/h17,19-22H,5-8,10-12,14-16,18H2,1-4H3,(H,33,34). The average molecular weight is 545 g/mol. The van der Waals surface area contributed by atoms with Crippen LogP contribution in [0.1, 0.15) is 87.2 Å². The van der Waals surface area contributed by atoms with Gasteiger partial charge in [0.1, 0.15) is 11.0 Å². The highest BCUT2D eigenvalue weighted by Gasteiger charge is 2.40. The molecule has 1 unspecified atom stereocenters. The van der Waals surface area contributed by atoms with Gasteiger partial charge in [-0.3, -0.25) is 4.79 Å². The zero-order valence-electron chi connectivity index (χ0n) is 23.0. The number of carbonyl (C=O) groups is 3. The van der Waals surface area contributed by atoms with Crippen LogP contribution in [-0.2, 0) is 14.3 Å². The van der Waals surface area contributed by atoms with Crippen molar-refractivity contribution < 1.29 is 29.0 Å². The number of aromatic carboxylic acids is 1. The van der Waals surface area contributed by atoms with Gasteiger partial charge in [-0.25, -0.2) is 9.59 Å². The fourth-order valence-corrected chi connectivity index (χ4v) is 6.19. The molecule has 208 valence electrons. The molecular formula is C29H40N2O6S. The lowest BCUT2D eigenvalue weighted by Crippen LogP contribution is -2.47. The highest BCUT2D eigenvalue weighted by molar-refractivity contribution is 7.15. The van der Waals surface area contributed by atoms with Crippen LogP contribution in [0.15, 0.2) is 6.07 Å². The molecule has 3 aliphatic rings. The summed E-state index contributed by atoms with van der Waals surface area (Å²) >= 11 is 1.11. The molecule has 8 nitrogen and oxygen atoms in total. The minimum atomic E-state index is -1.07. The smallest absolute Gasteiger partial charge is 0.410 e. The van der Waals surface area contributed by atoms with Crippen molar-refractivity contribution in [2.24, 2.45) is 17.3 Å². The van der Waals surface area contributed by atoms with E-state index in [0.29, 0.717) is 62.0 Å². The van der Waals surface area contributed by atoms with E-state index in [4.69, 9.17) is 9.47 Å². The lowest BCUT2D eigenvalue weighted by molar-refractivity contribution is -0.124. The number of carboxylic acid groups (broad SMARTS) is 1.